The van der Waals surface area contributed by atoms with E-state index in [1.807, 2.05) is 0 Å². The summed E-state index contributed by atoms with van der Waals surface area (Å²) in [6.45, 7) is 1.45. The highest BCUT2D eigenvalue weighted by atomic mass is 19.1. The van der Waals surface area contributed by atoms with Crippen LogP contribution in [0.3, 0.4) is 0 Å². The number of rotatable bonds is 2. The zero-order valence-corrected chi connectivity index (χ0v) is 11.8. The number of hydrogen-bond acceptors (Lipinski definition) is 4. The molecular weight excluding hydrogens is 308 g/mol. The van der Waals surface area contributed by atoms with E-state index in [0.717, 1.165) is 12.1 Å². The minimum Gasteiger partial charge on any atom is -0.324 e. The average molecular weight is 317 g/mol. The molecule has 116 valence electrons. The number of carbonyl (C=O) groups is 3. The molecule has 23 heavy (non-hydrogen) atoms. The lowest BCUT2D eigenvalue weighted by atomic mass is 10.1. The van der Waals surface area contributed by atoms with Gasteiger partial charge in [0.25, 0.3) is 11.8 Å². The highest BCUT2D eigenvalue weighted by Crippen LogP contribution is 2.24. The van der Waals surface area contributed by atoms with E-state index in [9.17, 15) is 23.2 Å². The molecule has 3 rings (SSSR count). The maximum atomic E-state index is 13.8. The van der Waals surface area contributed by atoms with Gasteiger partial charge < -0.3 is 4.84 Å². The van der Waals surface area contributed by atoms with E-state index in [2.05, 4.69) is 4.84 Å². The molecule has 0 spiro atoms. The van der Waals surface area contributed by atoms with Crippen LogP contribution in [-0.4, -0.2) is 22.8 Å². The number of fused-ring (bicyclic) bond motifs is 1. The van der Waals surface area contributed by atoms with Gasteiger partial charge in [-0.1, -0.05) is 17.2 Å². The minimum atomic E-state index is -1.46. The zero-order valence-electron chi connectivity index (χ0n) is 11.8. The third-order valence-electron chi connectivity index (χ3n) is 3.32. The molecule has 0 bridgehead atoms. The van der Waals surface area contributed by atoms with Gasteiger partial charge in [0.2, 0.25) is 0 Å². The largest absolute Gasteiger partial charge is 0.369 e. The van der Waals surface area contributed by atoms with Crippen LogP contribution >= 0.6 is 0 Å². The number of halogens is 2. The lowest BCUT2D eigenvalue weighted by molar-refractivity contribution is -0.0590. The van der Waals surface area contributed by atoms with Crippen molar-refractivity contribution in [3.05, 3.63) is 70.3 Å². The minimum absolute atomic E-state index is 0.0511. The van der Waals surface area contributed by atoms with Crippen molar-refractivity contribution in [3.63, 3.8) is 0 Å². The zero-order chi connectivity index (χ0) is 16.7. The molecule has 1 aliphatic heterocycles. The summed E-state index contributed by atoms with van der Waals surface area (Å²) in [5.41, 5.74) is -0.588. The quantitative estimate of drug-likeness (QED) is 0.799. The maximum absolute atomic E-state index is 13.8. The molecule has 0 aliphatic carbocycles. The van der Waals surface area contributed by atoms with Gasteiger partial charge in [0.05, 0.1) is 11.1 Å². The van der Waals surface area contributed by atoms with E-state index >= 15 is 0 Å². The number of hydrogen-bond donors (Lipinski definition) is 0. The summed E-state index contributed by atoms with van der Waals surface area (Å²) in [6, 6.07) is 7.74. The summed E-state index contributed by atoms with van der Waals surface area (Å²) in [7, 11) is 0. The lowest BCUT2D eigenvalue weighted by Crippen LogP contribution is -2.33. The Morgan fingerprint density at radius 3 is 1.96 bits per heavy atom. The number of imide groups is 1. The first-order valence-corrected chi connectivity index (χ1v) is 6.56. The van der Waals surface area contributed by atoms with E-state index < -0.39 is 35.0 Å². The van der Waals surface area contributed by atoms with E-state index in [-0.39, 0.29) is 21.8 Å². The average Bonchev–Trinajstić information content (AvgIpc) is 2.72. The molecule has 1 aliphatic rings. The van der Waals surface area contributed by atoms with Gasteiger partial charge in [-0.3, -0.25) is 9.59 Å². The number of aryl methyl sites for hydroxylation is 1. The highest BCUT2D eigenvalue weighted by Gasteiger charge is 2.39. The van der Waals surface area contributed by atoms with Crippen molar-refractivity contribution >= 4 is 17.8 Å². The Morgan fingerprint density at radius 1 is 1.00 bits per heavy atom. The van der Waals surface area contributed by atoms with E-state index in [4.69, 9.17) is 0 Å². The van der Waals surface area contributed by atoms with Crippen LogP contribution in [0.25, 0.3) is 0 Å². The molecule has 0 N–H and O–H groups in total. The van der Waals surface area contributed by atoms with Crippen LogP contribution in [0.4, 0.5) is 8.78 Å². The molecule has 0 saturated carbocycles. The first-order chi connectivity index (χ1) is 10.9. The number of hydroxylamine groups is 2. The number of amides is 2. The van der Waals surface area contributed by atoms with Crippen molar-refractivity contribution in [1.82, 2.24) is 5.06 Å². The van der Waals surface area contributed by atoms with Crippen LogP contribution in [-0.2, 0) is 4.84 Å². The summed E-state index contributed by atoms with van der Waals surface area (Å²) in [5, 5.41) is 0.200. The summed E-state index contributed by atoms with van der Waals surface area (Å²) < 4.78 is 27.5. The Labute approximate surface area is 129 Å². The van der Waals surface area contributed by atoms with E-state index in [1.54, 1.807) is 0 Å². The summed E-state index contributed by atoms with van der Waals surface area (Å²) in [5.74, 6) is -5.47. The second-order valence-electron chi connectivity index (χ2n) is 4.93. The maximum Gasteiger partial charge on any atom is 0.369 e. The fourth-order valence-corrected chi connectivity index (χ4v) is 2.27. The van der Waals surface area contributed by atoms with Gasteiger partial charge in [0.15, 0.2) is 0 Å². The molecule has 2 aromatic carbocycles. The second-order valence-corrected chi connectivity index (χ2v) is 4.93. The van der Waals surface area contributed by atoms with Gasteiger partial charge in [0, 0.05) is 0 Å². The predicted molar refractivity (Wildman–Crippen MR) is 73.5 cm³/mol. The van der Waals surface area contributed by atoms with Gasteiger partial charge in [-0.05, 0) is 36.8 Å². The summed E-state index contributed by atoms with van der Waals surface area (Å²) >= 11 is 0. The van der Waals surface area contributed by atoms with Gasteiger partial charge in [-0.25, -0.2) is 13.6 Å². The molecule has 5 nitrogen and oxygen atoms in total. The van der Waals surface area contributed by atoms with Crippen molar-refractivity contribution < 1.29 is 28.0 Å². The molecular formula is C16H9F2NO4. The lowest BCUT2D eigenvalue weighted by Gasteiger charge is -2.13. The number of benzene rings is 2. The molecule has 0 fully saturated rings. The second kappa shape index (κ2) is 5.28. The third-order valence-corrected chi connectivity index (χ3v) is 3.32. The summed E-state index contributed by atoms with van der Waals surface area (Å²) in [4.78, 5) is 40.6. The Morgan fingerprint density at radius 2 is 1.48 bits per heavy atom. The SMILES string of the molecule is Cc1cc(F)c(C(=O)ON2C(=O)c3ccccc3C2=O)c(F)c1. The predicted octanol–water partition coefficient (Wildman–Crippen LogP) is 2.64. The van der Waals surface area contributed by atoms with Gasteiger partial charge in [0.1, 0.15) is 17.2 Å². The van der Waals surface area contributed by atoms with Crippen LogP contribution in [0, 0.1) is 18.6 Å². The number of carbonyl (C=O) groups excluding carboxylic acids is 3. The fourth-order valence-electron chi connectivity index (χ4n) is 2.27. The molecule has 7 heteroatoms. The highest BCUT2D eigenvalue weighted by molar-refractivity contribution is 6.21. The smallest absolute Gasteiger partial charge is 0.324 e. The number of nitrogens with zero attached hydrogens (tertiary/aromatic N) is 1. The standard InChI is InChI=1S/C16H9F2NO4/c1-8-6-11(17)13(12(18)7-8)16(22)23-19-14(20)9-4-2-3-5-10(9)15(19)21/h2-7H,1H3. The molecule has 1 heterocycles. The van der Waals surface area contributed by atoms with Crippen LogP contribution in [0.2, 0.25) is 0 Å². The van der Waals surface area contributed by atoms with Crippen LogP contribution < -0.4 is 0 Å². The van der Waals surface area contributed by atoms with Crippen LogP contribution in [0.5, 0.6) is 0 Å². The Bertz CT molecular complexity index is 805. The van der Waals surface area contributed by atoms with Crippen molar-refractivity contribution in [1.29, 1.82) is 0 Å². The Kier molecular flexibility index (Phi) is 3.40. The van der Waals surface area contributed by atoms with Crippen molar-refractivity contribution in [2.75, 3.05) is 0 Å². The molecule has 0 aromatic heterocycles. The van der Waals surface area contributed by atoms with Crippen molar-refractivity contribution in [3.8, 4) is 0 Å². The Hall–Kier alpha value is -3.09. The molecule has 2 aromatic rings. The molecule has 0 atom stereocenters. The molecule has 0 saturated heterocycles. The molecule has 0 unspecified atom stereocenters. The fraction of sp³-hybridized carbons (Fsp3) is 0.0625. The third kappa shape index (κ3) is 2.36. The van der Waals surface area contributed by atoms with Crippen molar-refractivity contribution in [2.45, 2.75) is 6.92 Å². The van der Waals surface area contributed by atoms with E-state index in [0.29, 0.717) is 0 Å². The molecule has 2 amide bonds. The van der Waals surface area contributed by atoms with Gasteiger partial charge in [-0.2, -0.15) is 0 Å². The summed E-state index contributed by atoms with van der Waals surface area (Å²) in [6.07, 6.45) is 0. The first-order valence-electron chi connectivity index (χ1n) is 6.56. The van der Waals surface area contributed by atoms with Gasteiger partial charge in [-0.15, -0.1) is 0 Å². The van der Waals surface area contributed by atoms with Gasteiger partial charge >= 0.3 is 5.97 Å². The topological polar surface area (TPSA) is 63.7 Å². The van der Waals surface area contributed by atoms with Crippen LogP contribution in [0.1, 0.15) is 36.6 Å². The molecule has 0 radical (unpaired) electrons. The first kappa shape index (κ1) is 14.8. The normalized spacial score (nSPS) is 13.3. The monoisotopic (exact) mass is 317 g/mol. The van der Waals surface area contributed by atoms with E-state index in [1.165, 1.54) is 31.2 Å². The van der Waals surface area contributed by atoms with Crippen molar-refractivity contribution in [2.24, 2.45) is 0 Å². The van der Waals surface area contributed by atoms with Crippen LogP contribution in [0.15, 0.2) is 36.4 Å². The Balaban J connectivity index is 1.91.